The van der Waals surface area contributed by atoms with Crippen LogP contribution in [0.4, 0.5) is 0 Å². The summed E-state index contributed by atoms with van der Waals surface area (Å²) in [5, 5.41) is 0. The van der Waals surface area contributed by atoms with Gasteiger partial charge in [0.25, 0.3) is 0 Å². The number of allylic oxidation sites excluding steroid dienone is 4. The predicted molar refractivity (Wildman–Crippen MR) is 49.9 cm³/mol. The van der Waals surface area contributed by atoms with Gasteiger partial charge in [0.1, 0.15) is 0 Å². The van der Waals surface area contributed by atoms with Crippen molar-refractivity contribution in [1.29, 1.82) is 0 Å². The average Bonchev–Trinajstić information content (AvgIpc) is 2.18. The summed E-state index contributed by atoms with van der Waals surface area (Å²) in [5.74, 6) is 0. The molecule has 75 valence electrons. The zero-order valence-electron chi connectivity index (χ0n) is 7.62. The Morgan fingerprint density at radius 1 is 0.769 bits per heavy atom. The maximum absolute atomic E-state index is 9.57. The number of rotatable bonds is 4. The molecule has 0 N–H and O–H groups in total. The first-order chi connectivity index (χ1) is 6.26. The Kier molecular flexibility index (Phi) is 15.4. The van der Waals surface area contributed by atoms with Crippen molar-refractivity contribution in [2.45, 2.75) is 13.8 Å². The molecule has 0 saturated carbocycles. The van der Waals surface area contributed by atoms with E-state index in [9.17, 15) is 14.4 Å². The van der Waals surface area contributed by atoms with Gasteiger partial charge in [0.2, 0.25) is 0 Å². The third kappa shape index (κ3) is 14.0. The molecule has 0 aromatic carbocycles. The van der Waals surface area contributed by atoms with E-state index < -0.39 is 16.0 Å². The van der Waals surface area contributed by atoms with Gasteiger partial charge in [-0.1, -0.05) is 24.3 Å². The molecule has 4 heteroatoms. The molecule has 0 atom stereocenters. The zero-order valence-corrected chi connectivity index (χ0v) is 9.36. The van der Waals surface area contributed by atoms with E-state index in [-0.39, 0.29) is 0 Å². The van der Waals surface area contributed by atoms with E-state index >= 15 is 0 Å². The number of carbonyl (C=O) groups excluding carboxylic acids is 3. The number of carbonyl (C=O) groups is 3. The van der Waals surface area contributed by atoms with Gasteiger partial charge in [0, 0.05) is 0 Å². The first-order valence-electron chi connectivity index (χ1n) is 3.47. The molecule has 0 unspecified atom stereocenters. The Bertz CT molecular complexity index is 168. The number of hydrogen-bond donors (Lipinski definition) is 0. The van der Waals surface area contributed by atoms with Crippen molar-refractivity contribution in [3.05, 3.63) is 24.3 Å². The van der Waals surface area contributed by atoms with Crippen molar-refractivity contribution in [3.8, 4) is 0 Å². The summed E-state index contributed by atoms with van der Waals surface area (Å²) >= 11 is -2.25. The van der Waals surface area contributed by atoms with E-state index in [0.717, 1.165) is 0 Å². The summed E-state index contributed by atoms with van der Waals surface area (Å²) in [6.07, 6.45) is 8.00. The summed E-state index contributed by atoms with van der Waals surface area (Å²) in [5.41, 5.74) is 0. The minimum absolute atomic E-state index is 0.435. The van der Waals surface area contributed by atoms with Crippen LogP contribution in [0.15, 0.2) is 24.3 Å². The molecule has 0 spiro atoms. The zero-order chi connectivity index (χ0) is 10.5. The van der Waals surface area contributed by atoms with Crippen molar-refractivity contribution < 1.29 is 30.3 Å². The van der Waals surface area contributed by atoms with Crippen LogP contribution in [0.2, 0.25) is 0 Å². The molecule has 0 radical (unpaired) electrons. The summed E-state index contributed by atoms with van der Waals surface area (Å²) in [7, 11) is 0. The second-order valence-electron chi connectivity index (χ2n) is 1.66. The molecule has 0 aromatic rings. The Balaban J connectivity index is 0. The Hall–Kier alpha value is -0.887. The van der Waals surface area contributed by atoms with Gasteiger partial charge in [0.15, 0.2) is 0 Å². The van der Waals surface area contributed by atoms with E-state index in [1.807, 2.05) is 38.2 Å². The summed E-state index contributed by atoms with van der Waals surface area (Å²) in [6, 6.07) is 0. The SMILES string of the molecule is CC=CC=CC.O=[CH][Ru]([CH]=O)[CH]=O. The van der Waals surface area contributed by atoms with Crippen LogP contribution in [0, 0.1) is 0 Å². The van der Waals surface area contributed by atoms with Gasteiger partial charge in [-0.3, -0.25) is 0 Å². The maximum atomic E-state index is 9.57. The predicted octanol–water partition coefficient (Wildman–Crippen LogP) is 1.31. The molecular formula is C9H13O3Ru. The molecular weight excluding hydrogens is 257 g/mol. The summed E-state index contributed by atoms with van der Waals surface area (Å²) in [6.45, 7) is 4.00. The summed E-state index contributed by atoms with van der Waals surface area (Å²) in [4.78, 5) is 30.0. The van der Waals surface area contributed by atoms with Gasteiger partial charge >= 0.3 is 45.0 Å². The second kappa shape index (κ2) is 13.7. The van der Waals surface area contributed by atoms with Crippen LogP contribution in [0.25, 0.3) is 0 Å². The molecule has 0 aromatic heterocycles. The standard InChI is InChI=1S/C6H10.3CHO.Ru/c1-3-5-6-4-2;3*1-2;/h3-6H,1-2H3;3*1H;. The molecule has 0 saturated heterocycles. The molecule has 0 bridgehead atoms. The monoisotopic (exact) mass is 271 g/mol. The Labute approximate surface area is 83.4 Å². The van der Waals surface area contributed by atoms with Gasteiger partial charge in [0.05, 0.1) is 0 Å². The number of hydrogen-bond acceptors (Lipinski definition) is 3. The minimum atomic E-state index is -2.25. The molecule has 13 heavy (non-hydrogen) atoms. The molecule has 0 rings (SSSR count). The molecule has 0 fully saturated rings. The third-order valence-corrected chi connectivity index (χ3v) is 2.20. The molecule has 0 aliphatic rings. The van der Waals surface area contributed by atoms with E-state index in [0.29, 0.717) is 14.6 Å². The van der Waals surface area contributed by atoms with Crippen molar-refractivity contribution in [3.63, 3.8) is 0 Å². The van der Waals surface area contributed by atoms with Gasteiger partial charge in [-0.15, -0.1) is 0 Å². The molecule has 0 aliphatic heterocycles. The van der Waals surface area contributed by atoms with Crippen molar-refractivity contribution in [1.82, 2.24) is 0 Å². The van der Waals surface area contributed by atoms with Gasteiger partial charge < -0.3 is 0 Å². The first kappa shape index (κ1) is 14.6. The molecule has 0 heterocycles. The van der Waals surface area contributed by atoms with Crippen molar-refractivity contribution in [2.75, 3.05) is 0 Å². The average molecular weight is 270 g/mol. The fourth-order valence-electron chi connectivity index (χ4n) is 0.281. The molecule has 0 amide bonds. The normalized spacial score (nSPS) is 10.5. The van der Waals surface area contributed by atoms with Crippen LogP contribution in [-0.4, -0.2) is 14.6 Å². The van der Waals surface area contributed by atoms with Crippen LogP contribution < -0.4 is 0 Å². The fraction of sp³-hybridized carbons (Fsp3) is 0.222. The van der Waals surface area contributed by atoms with E-state index in [1.54, 1.807) is 0 Å². The molecule has 3 nitrogen and oxygen atoms in total. The second-order valence-corrected chi connectivity index (χ2v) is 4.62. The van der Waals surface area contributed by atoms with Crippen LogP contribution in [0.5, 0.6) is 0 Å². The van der Waals surface area contributed by atoms with Crippen LogP contribution in [0.3, 0.4) is 0 Å². The van der Waals surface area contributed by atoms with Crippen LogP contribution in [-0.2, 0) is 30.3 Å². The van der Waals surface area contributed by atoms with Gasteiger partial charge in [-0.2, -0.15) is 0 Å². The Morgan fingerprint density at radius 3 is 1.15 bits per heavy atom. The van der Waals surface area contributed by atoms with Crippen LogP contribution in [0.1, 0.15) is 13.8 Å². The fourth-order valence-corrected chi connectivity index (χ4v) is 0.571. The van der Waals surface area contributed by atoms with Crippen LogP contribution >= 0.6 is 0 Å². The van der Waals surface area contributed by atoms with E-state index in [2.05, 4.69) is 0 Å². The first-order valence-corrected chi connectivity index (χ1v) is 6.48. The van der Waals surface area contributed by atoms with E-state index in [4.69, 9.17) is 0 Å². The van der Waals surface area contributed by atoms with E-state index in [1.165, 1.54) is 0 Å². The van der Waals surface area contributed by atoms with Crippen molar-refractivity contribution >= 4 is 14.6 Å². The topological polar surface area (TPSA) is 51.2 Å². The van der Waals surface area contributed by atoms with Crippen molar-refractivity contribution in [2.24, 2.45) is 0 Å². The quantitative estimate of drug-likeness (QED) is 0.440. The van der Waals surface area contributed by atoms with Gasteiger partial charge in [-0.25, -0.2) is 0 Å². The summed E-state index contributed by atoms with van der Waals surface area (Å²) < 4.78 is 0. The third-order valence-electron chi connectivity index (χ3n) is 0.785. The molecule has 0 aliphatic carbocycles. The van der Waals surface area contributed by atoms with Gasteiger partial charge in [-0.05, 0) is 13.8 Å². The Morgan fingerprint density at radius 2 is 1.08 bits per heavy atom.